The van der Waals surface area contributed by atoms with Crippen molar-refractivity contribution in [3.63, 3.8) is 0 Å². The van der Waals surface area contributed by atoms with E-state index in [1.165, 1.54) is 0 Å². The van der Waals surface area contributed by atoms with E-state index in [0.717, 1.165) is 11.3 Å². The largest absolute Gasteiger partial charge is 0.494 e. The highest BCUT2D eigenvalue weighted by atomic mass is 32.1. The maximum atomic E-state index is 5.36. The highest BCUT2D eigenvalue weighted by Crippen LogP contribution is 2.09. The number of hydrazone groups is 1. The Morgan fingerprint density at radius 2 is 2.17 bits per heavy atom. The molecule has 5 heteroatoms. The van der Waals surface area contributed by atoms with Crippen LogP contribution < -0.4 is 20.6 Å². The number of thiocarbonyl (C=S) groups is 1. The van der Waals surface area contributed by atoms with Crippen molar-refractivity contribution >= 4 is 23.5 Å². The van der Waals surface area contributed by atoms with Crippen molar-refractivity contribution in [3.05, 3.63) is 42.5 Å². The molecular formula is C13H18N3OS+. The molecule has 0 bridgehead atoms. The molecule has 1 aromatic carbocycles. The molecule has 96 valence electrons. The summed E-state index contributed by atoms with van der Waals surface area (Å²) in [6, 6.07) is 7.76. The van der Waals surface area contributed by atoms with Crippen molar-refractivity contribution < 1.29 is 9.84 Å². The summed E-state index contributed by atoms with van der Waals surface area (Å²) in [5.41, 5.74) is 3.87. The van der Waals surface area contributed by atoms with Crippen LogP contribution in [0.25, 0.3) is 0 Å². The van der Waals surface area contributed by atoms with E-state index in [9.17, 15) is 0 Å². The SMILES string of the molecule is C=CCNC(=S)N[NH+]=Cc1ccc(OCC)cc1. The second kappa shape index (κ2) is 8.25. The Bertz CT molecular complexity index is 415. The lowest BCUT2D eigenvalue weighted by atomic mass is 10.2. The average molecular weight is 264 g/mol. The van der Waals surface area contributed by atoms with Crippen LogP contribution in [-0.4, -0.2) is 24.5 Å². The number of benzene rings is 1. The Hall–Kier alpha value is -1.88. The van der Waals surface area contributed by atoms with Crippen molar-refractivity contribution in [2.45, 2.75) is 6.92 Å². The first-order valence-electron chi connectivity index (χ1n) is 5.72. The Balaban J connectivity index is 2.41. The third-order valence-electron chi connectivity index (χ3n) is 2.02. The molecular weight excluding hydrogens is 246 g/mol. The van der Waals surface area contributed by atoms with Crippen LogP contribution in [0.3, 0.4) is 0 Å². The van der Waals surface area contributed by atoms with Gasteiger partial charge in [0.1, 0.15) is 5.75 Å². The molecule has 4 nitrogen and oxygen atoms in total. The van der Waals surface area contributed by atoms with Gasteiger partial charge in [0.05, 0.1) is 6.61 Å². The van der Waals surface area contributed by atoms with Crippen molar-refractivity contribution in [1.82, 2.24) is 10.7 Å². The van der Waals surface area contributed by atoms with Crippen LogP contribution in [0, 0.1) is 0 Å². The summed E-state index contributed by atoms with van der Waals surface area (Å²) >= 11 is 5.02. The Morgan fingerprint density at radius 1 is 1.44 bits per heavy atom. The van der Waals surface area contributed by atoms with Crippen LogP contribution in [0.5, 0.6) is 5.75 Å². The Labute approximate surface area is 113 Å². The Morgan fingerprint density at radius 3 is 2.78 bits per heavy atom. The first-order valence-corrected chi connectivity index (χ1v) is 6.13. The molecule has 0 unspecified atom stereocenters. The molecule has 0 aliphatic rings. The first kappa shape index (κ1) is 14.2. The van der Waals surface area contributed by atoms with Gasteiger partial charge < -0.3 is 10.1 Å². The topological polar surface area (TPSA) is 47.3 Å². The van der Waals surface area contributed by atoms with E-state index in [-0.39, 0.29) is 0 Å². The van der Waals surface area contributed by atoms with Gasteiger partial charge in [0.15, 0.2) is 6.21 Å². The lowest BCUT2D eigenvalue weighted by Gasteiger charge is -2.01. The standard InChI is InChI=1S/C13H17N3OS/c1-3-9-14-13(18)16-15-10-11-5-7-12(8-6-11)17-4-2/h3,5-8,10H,1,4,9H2,2H3,(H2,14,16,18)/p+1. The average Bonchev–Trinajstić information content (AvgIpc) is 2.39. The van der Waals surface area contributed by atoms with Crippen LogP contribution in [0.15, 0.2) is 36.9 Å². The van der Waals surface area contributed by atoms with Crippen molar-refractivity contribution in [2.24, 2.45) is 0 Å². The minimum Gasteiger partial charge on any atom is -0.494 e. The molecule has 0 saturated heterocycles. The number of ether oxygens (including phenoxy) is 1. The predicted molar refractivity (Wildman–Crippen MR) is 77.7 cm³/mol. The molecule has 0 radical (unpaired) electrons. The number of nitrogens with one attached hydrogen (secondary N) is 3. The van der Waals surface area contributed by atoms with E-state index in [2.05, 4.69) is 22.4 Å². The summed E-state index contributed by atoms with van der Waals surface area (Å²) in [6.45, 7) is 6.86. The quantitative estimate of drug-likeness (QED) is 0.296. The molecule has 0 aromatic heterocycles. The highest BCUT2D eigenvalue weighted by Gasteiger charge is 1.96. The molecule has 0 spiro atoms. The molecule has 18 heavy (non-hydrogen) atoms. The second-order valence-electron chi connectivity index (χ2n) is 3.41. The zero-order chi connectivity index (χ0) is 13.2. The monoisotopic (exact) mass is 264 g/mol. The summed E-state index contributed by atoms with van der Waals surface area (Å²) in [7, 11) is 0. The molecule has 3 N–H and O–H groups in total. The van der Waals surface area contributed by atoms with Gasteiger partial charge in [-0.2, -0.15) is 0 Å². The zero-order valence-corrected chi connectivity index (χ0v) is 11.2. The lowest BCUT2D eigenvalue weighted by Crippen LogP contribution is -2.82. The highest BCUT2D eigenvalue weighted by molar-refractivity contribution is 7.80. The zero-order valence-electron chi connectivity index (χ0n) is 10.4. The molecule has 0 saturated carbocycles. The van der Waals surface area contributed by atoms with Crippen molar-refractivity contribution in [3.8, 4) is 5.75 Å². The predicted octanol–water partition coefficient (Wildman–Crippen LogP) is 0.150. The molecule has 1 rings (SSSR count). The van der Waals surface area contributed by atoms with Crippen molar-refractivity contribution in [2.75, 3.05) is 13.2 Å². The number of hydrogen-bond donors (Lipinski definition) is 3. The van der Waals surface area contributed by atoms with Crippen molar-refractivity contribution in [1.29, 1.82) is 0 Å². The Kier molecular flexibility index (Phi) is 6.50. The summed E-state index contributed by atoms with van der Waals surface area (Å²) in [6.07, 6.45) is 3.56. The van der Waals surface area contributed by atoms with Gasteiger partial charge in [-0.3, -0.25) is 0 Å². The smallest absolute Gasteiger partial charge is 0.224 e. The van der Waals surface area contributed by atoms with Crippen LogP contribution in [0.4, 0.5) is 0 Å². The van der Waals surface area contributed by atoms with Gasteiger partial charge in [0.2, 0.25) is 5.11 Å². The van der Waals surface area contributed by atoms with E-state index in [4.69, 9.17) is 17.0 Å². The summed E-state index contributed by atoms with van der Waals surface area (Å²) in [5.74, 6) is 0.866. The van der Waals surface area contributed by atoms with Gasteiger partial charge in [-0.25, -0.2) is 0 Å². The molecule has 1 aromatic rings. The van der Waals surface area contributed by atoms with Crippen LogP contribution >= 0.6 is 12.2 Å². The fraction of sp³-hybridized carbons (Fsp3) is 0.231. The summed E-state index contributed by atoms with van der Waals surface area (Å²) in [4.78, 5) is 0. The van der Waals surface area contributed by atoms with Gasteiger partial charge in [-0.15, -0.1) is 17.1 Å². The molecule has 0 atom stereocenters. The molecule has 0 heterocycles. The van der Waals surface area contributed by atoms with E-state index < -0.39 is 0 Å². The normalized spacial score (nSPS) is 10.1. The first-order chi connectivity index (χ1) is 8.76. The molecule has 0 amide bonds. The second-order valence-corrected chi connectivity index (χ2v) is 3.82. The van der Waals surface area contributed by atoms with Gasteiger partial charge >= 0.3 is 0 Å². The summed E-state index contributed by atoms with van der Waals surface area (Å²) in [5, 5.41) is 6.38. The summed E-state index contributed by atoms with van der Waals surface area (Å²) < 4.78 is 5.36. The number of hydrogen-bond acceptors (Lipinski definition) is 2. The fourth-order valence-corrected chi connectivity index (χ4v) is 1.36. The van der Waals surface area contributed by atoms with E-state index in [1.54, 1.807) is 6.08 Å². The van der Waals surface area contributed by atoms with Crippen LogP contribution in [0.1, 0.15) is 12.5 Å². The maximum absolute atomic E-state index is 5.36. The molecule has 0 aliphatic carbocycles. The van der Waals surface area contributed by atoms with Crippen LogP contribution in [0.2, 0.25) is 0 Å². The van der Waals surface area contributed by atoms with E-state index in [0.29, 0.717) is 18.3 Å². The van der Waals surface area contributed by atoms with Gasteiger partial charge in [0, 0.05) is 12.1 Å². The maximum Gasteiger partial charge on any atom is 0.224 e. The minimum absolute atomic E-state index is 0.525. The fourth-order valence-electron chi connectivity index (χ4n) is 1.22. The lowest BCUT2D eigenvalue weighted by molar-refractivity contribution is -0.500. The number of rotatable bonds is 6. The number of hydrazine groups is 1. The van der Waals surface area contributed by atoms with E-state index >= 15 is 0 Å². The minimum atomic E-state index is 0.525. The third-order valence-corrected chi connectivity index (χ3v) is 2.27. The molecule has 0 fully saturated rings. The van der Waals surface area contributed by atoms with E-state index in [1.807, 2.05) is 37.4 Å². The van der Waals surface area contributed by atoms with Gasteiger partial charge in [-0.05, 0) is 43.4 Å². The van der Waals surface area contributed by atoms with Crippen LogP contribution in [-0.2, 0) is 0 Å². The van der Waals surface area contributed by atoms with Gasteiger partial charge in [-0.1, -0.05) is 6.08 Å². The third kappa shape index (κ3) is 5.45. The molecule has 0 aliphatic heterocycles. The van der Waals surface area contributed by atoms with Gasteiger partial charge in [0.25, 0.3) is 0 Å².